The van der Waals surface area contributed by atoms with Crippen molar-refractivity contribution in [2.75, 3.05) is 0 Å². The zero-order valence-corrected chi connectivity index (χ0v) is 19.1. The number of benzene rings is 4. The molecule has 33 heavy (non-hydrogen) atoms. The van der Waals surface area contributed by atoms with Gasteiger partial charge in [-0.25, -0.2) is 4.98 Å². The minimum atomic E-state index is 1.06. The molecule has 0 saturated carbocycles. The molecule has 0 aliphatic rings. The first-order valence-electron chi connectivity index (χ1n) is 11.0. The molecule has 0 N–H and O–H groups in total. The van der Waals surface area contributed by atoms with Crippen molar-refractivity contribution in [2.24, 2.45) is 7.05 Å². The van der Waals surface area contributed by atoms with Crippen LogP contribution < -0.4 is 0 Å². The average molecular weight is 443 g/mol. The molecule has 2 heterocycles. The molecule has 2 nitrogen and oxygen atoms in total. The summed E-state index contributed by atoms with van der Waals surface area (Å²) in [7, 11) is 2.15. The third kappa shape index (κ3) is 3.57. The van der Waals surface area contributed by atoms with E-state index in [0.29, 0.717) is 0 Å². The fraction of sp³-hybridized carbons (Fsp3) is 0.0333. The third-order valence-corrected chi connectivity index (χ3v) is 7.17. The van der Waals surface area contributed by atoms with Gasteiger partial charge in [0.2, 0.25) is 0 Å². The lowest BCUT2D eigenvalue weighted by Gasteiger charge is -2.06. The van der Waals surface area contributed by atoms with Crippen molar-refractivity contribution < 1.29 is 0 Å². The quantitative estimate of drug-likeness (QED) is 0.268. The SMILES string of the molecule is Cn1c(-c2ccccc2)c(C=Cc2ccc(-c3nc4ccccc4s3)cc2)c2ccccc21. The second-order valence-corrected chi connectivity index (χ2v) is 9.18. The number of hydrogen-bond donors (Lipinski definition) is 0. The Hall–Kier alpha value is -3.95. The Morgan fingerprint density at radius 2 is 1.42 bits per heavy atom. The van der Waals surface area contributed by atoms with Gasteiger partial charge in [0.05, 0.1) is 15.9 Å². The molecule has 158 valence electrons. The average Bonchev–Trinajstić information content (AvgIpc) is 3.43. The molecule has 4 aromatic carbocycles. The zero-order chi connectivity index (χ0) is 22.2. The number of thiazole rings is 1. The number of hydrogen-bond acceptors (Lipinski definition) is 2. The molecule has 6 rings (SSSR count). The molecule has 0 bridgehead atoms. The first kappa shape index (κ1) is 19.7. The second-order valence-electron chi connectivity index (χ2n) is 8.15. The van der Waals surface area contributed by atoms with Crippen molar-refractivity contribution >= 4 is 44.6 Å². The number of aromatic nitrogens is 2. The normalized spacial score (nSPS) is 11.7. The predicted octanol–water partition coefficient (Wildman–Crippen LogP) is 8.29. The van der Waals surface area contributed by atoms with Crippen molar-refractivity contribution in [3.63, 3.8) is 0 Å². The van der Waals surface area contributed by atoms with Crippen molar-refractivity contribution in [2.45, 2.75) is 0 Å². The van der Waals surface area contributed by atoms with E-state index in [0.717, 1.165) is 16.1 Å². The Morgan fingerprint density at radius 3 is 2.24 bits per heavy atom. The molecule has 0 fully saturated rings. The van der Waals surface area contributed by atoms with Gasteiger partial charge in [-0.05, 0) is 29.3 Å². The molecule has 0 atom stereocenters. The van der Waals surface area contributed by atoms with Crippen LogP contribution in [0.3, 0.4) is 0 Å². The lowest BCUT2D eigenvalue weighted by Crippen LogP contribution is -1.92. The van der Waals surface area contributed by atoms with E-state index in [-0.39, 0.29) is 0 Å². The molecule has 0 spiro atoms. The van der Waals surface area contributed by atoms with E-state index in [9.17, 15) is 0 Å². The molecule has 6 aromatic rings. The van der Waals surface area contributed by atoms with Gasteiger partial charge in [-0.15, -0.1) is 11.3 Å². The molecule has 2 aromatic heterocycles. The Labute approximate surface area is 197 Å². The summed E-state index contributed by atoms with van der Waals surface area (Å²) >= 11 is 1.74. The standard InChI is InChI=1S/C30H22N2S/c1-32-27-13-7-5-11-24(27)25(29(32)22-9-3-2-4-10-22)20-17-21-15-18-23(19-16-21)30-31-26-12-6-8-14-28(26)33-30/h2-20H,1H3. The van der Waals surface area contributed by atoms with Gasteiger partial charge in [0.25, 0.3) is 0 Å². The summed E-state index contributed by atoms with van der Waals surface area (Å²) < 4.78 is 3.52. The number of para-hydroxylation sites is 2. The van der Waals surface area contributed by atoms with Crippen LogP contribution in [0.4, 0.5) is 0 Å². The maximum absolute atomic E-state index is 4.79. The summed E-state index contributed by atoms with van der Waals surface area (Å²) in [5.74, 6) is 0. The van der Waals surface area contributed by atoms with Crippen LogP contribution in [-0.2, 0) is 7.05 Å². The van der Waals surface area contributed by atoms with Crippen molar-refractivity contribution in [1.29, 1.82) is 0 Å². The third-order valence-electron chi connectivity index (χ3n) is 6.09. The lowest BCUT2D eigenvalue weighted by atomic mass is 10.0. The number of nitrogens with zero attached hydrogens (tertiary/aromatic N) is 2. The molecule has 0 unspecified atom stereocenters. The fourth-order valence-corrected chi connectivity index (χ4v) is 5.42. The number of fused-ring (bicyclic) bond motifs is 2. The predicted molar refractivity (Wildman–Crippen MR) is 142 cm³/mol. The largest absolute Gasteiger partial charge is 0.343 e. The van der Waals surface area contributed by atoms with Gasteiger partial charge in [-0.3, -0.25) is 0 Å². The second kappa shape index (κ2) is 8.19. The van der Waals surface area contributed by atoms with E-state index in [4.69, 9.17) is 4.98 Å². The van der Waals surface area contributed by atoms with Crippen LogP contribution in [0, 0.1) is 0 Å². The summed E-state index contributed by atoms with van der Waals surface area (Å²) in [4.78, 5) is 4.79. The van der Waals surface area contributed by atoms with Gasteiger partial charge >= 0.3 is 0 Å². The molecular weight excluding hydrogens is 420 g/mol. The van der Waals surface area contributed by atoms with E-state index in [1.54, 1.807) is 11.3 Å². The minimum Gasteiger partial charge on any atom is -0.343 e. The highest BCUT2D eigenvalue weighted by molar-refractivity contribution is 7.21. The van der Waals surface area contributed by atoms with Crippen molar-refractivity contribution in [3.8, 4) is 21.8 Å². The van der Waals surface area contributed by atoms with Crippen LogP contribution in [0.1, 0.15) is 11.1 Å². The summed E-state index contributed by atoms with van der Waals surface area (Å²) in [5, 5.41) is 2.33. The van der Waals surface area contributed by atoms with Crippen LogP contribution in [0.15, 0.2) is 103 Å². The van der Waals surface area contributed by atoms with Gasteiger partial charge in [0, 0.05) is 29.1 Å². The van der Waals surface area contributed by atoms with Crippen LogP contribution in [0.25, 0.3) is 55.1 Å². The summed E-state index contributed by atoms with van der Waals surface area (Å²) in [6.45, 7) is 0. The smallest absolute Gasteiger partial charge is 0.124 e. The number of rotatable bonds is 4. The Morgan fingerprint density at radius 1 is 0.697 bits per heavy atom. The first-order valence-corrected chi connectivity index (χ1v) is 11.9. The molecule has 0 amide bonds. The topological polar surface area (TPSA) is 17.8 Å². The molecule has 0 saturated heterocycles. The Balaban J connectivity index is 1.38. The van der Waals surface area contributed by atoms with Gasteiger partial charge in [0.1, 0.15) is 5.01 Å². The lowest BCUT2D eigenvalue weighted by molar-refractivity contribution is 0.977. The van der Waals surface area contributed by atoms with E-state index < -0.39 is 0 Å². The highest BCUT2D eigenvalue weighted by Gasteiger charge is 2.14. The molecular formula is C30H22N2S. The van der Waals surface area contributed by atoms with Gasteiger partial charge in [-0.2, -0.15) is 0 Å². The highest BCUT2D eigenvalue weighted by atomic mass is 32.1. The van der Waals surface area contributed by atoms with Gasteiger partial charge in [-0.1, -0.05) is 97.1 Å². The summed E-state index contributed by atoms with van der Waals surface area (Å²) in [6, 6.07) is 36.2. The van der Waals surface area contributed by atoms with Crippen LogP contribution in [0.5, 0.6) is 0 Å². The minimum absolute atomic E-state index is 1.06. The van der Waals surface area contributed by atoms with Crippen molar-refractivity contribution in [3.05, 3.63) is 114 Å². The monoisotopic (exact) mass is 442 g/mol. The maximum Gasteiger partial charge on any atom is 0.124 e. The molecule has 0 aliphatic heterocycles. The summed E-state index contributed by atoms with van der Waals surface area (Å²) in [6.07, 6.45) is 4.45. The zero-order valence-electron chi connectivity index (χ0n) is 18.3. The molecule has 3 heteroatoms. The highest BCUT2D eigenvalue weighted by Crippen LogP contribution is 2.35. The van der Waals surface area contributed by atoms with Crippen molar-refractivity contribution in [1.82, 2.24) is 9.55 Å². The van der Waals surface area contributed by atoms with E-state index in [1.165, 1.54) is 38.0 Å². The fourth-order valence-electron chi connectivity index (χ4n) is 4.45. The maximum atomic E-state index is 4.79. The van der Waals surface area contributed by atoms with E-state index in [2.05, 4.69) is 121 Å². The Bertz CT molecular complexity index is 1570. The Kier molecular flexibility index (Phi) is 4.89. The number of aryl methyl sites for hydroxylation is 1. The van der Waals surface area contributed by atoms with Crippen LogP contribution in [-0.4, -0.2) is 9.55 Å². The first-order chi connectivity index (χ1) is 16.3. The van der Waals surface area contributed by atoms with E-state index >= 15 is 0 Å². The van der Waals surface area contributed by atoms with Gasteiger partial charge in [0.15, 0.2) is 0 Å². The van der Waals surface area contributed by atoms with Crippen LogP contribution in [0.2, 0.25) is 0 Å². The summed E-state index contributed by atoms with van der Waals surface area (Å²) in [5.41, 5.74) is 8.33. The molecule has 0 radical (unpaired) electrons. The molecule has 0 aliphatic carbocycles. The van der Waals surface area contributed by atoms with Gasteiger partial charge < -0.3 is 4.57 Å². The van der Waals surface area contributed by atoms with E-state index in [1.807, 2.05) is 6.07 Å². The van der Waals surface area contributed by atoms with Crippen LogP contribution >= 0.6 is 11.3 Å².